The lowest BCUT2D eigenvalue weighted by Gasteiger charge is -2.46. The van der Waals surface area contributed by atoms with Gasteiger partial charge in [-0.2, -0.15) is 0 Å². The zero-order valence-electron chi connectivity index (χ0n) is 10.7. The Balaban J connectivity index is 2.03. The van der Waals surface area contributed by atoms with Gasteiger partial charge in [0.25, 0.3) is 0 Å². The van der Waals surface area contributed by atoms with Crippen LogP contribution in [0.2, 0.25) is 0 Å². The lowest BCUT2D eigenvalue weighted by atomic mass is 9.63. The maximum absolute atomic E-state index is 11.6. The van der Waals surface area contributed by atoms with Crippen LogP contribution in [0.15, 0.2) is 48.5 Å². The van der Waals surface area contributed by atoms with Crippen LogP contribution in [0.3, 0.4) is 0 Å². The summed E-state index contributed by atoms with van der Waals surface area (Å²) in [5.74, 6) is -0.281. The standard InChI is InChI=1S/C16H14O3S/c17-20(18,19)15-9-14-10-5-1-3-7-12(10)16(15)13-8-4-2-6-11(13)14/h1-8,14-16H,9H2,(H,17,18,19)/p-1. The molecule has 5 rings (SSSR count). The third-order valence-corrected chi connectivity index (χ3v) is 5.83. The highest BCUT2D eigenvalue weighted by Crippen LogP contribution is 2.54. The van der Waals surface area contributed by atoms with E-state index in [-0.39, 0.29) is 11.8 Å². The number of hydrogen-bond donors (Lipinski definition) is 0. The highest BCUT2D eigenvalue weighted by Gasteiger charge is 2.45. The first-order valence-corrected chi connectivity index (χ1v) is 8.17. The Morgan fingerprint density at radius 1 is 0.850 bits per heavy atom. The van der Waals surface area contributed by atoms with Gasteiger partial charge >= 0.3 is 0 Å². The molecule has 0 N–H and O–H groups in total. The maximum Gasteiger partial charge on any atom is 0.0985 e. The largest absolute Gasteiger partial charge is 0.748 e. The van der Waals surface area contributed by atoms with Gasteiger partial charge in [0.05, 0.1) is 15.4 Å². The van der Waals surface area contributed by atoms with Gasteiger partial charge in [-0.05, 0) is 28.7 Å². The van der Waals surface area contributed by atoms with Gasteiger partial charge in [0, 0.05) is 11.8 Å². The molecular weight excluding hydrogens is 272 g/mol. The van der Waals surface area contributed by atoms with Crippen LogP contribution in [0.1, 0.15) is 40.5 Å². The van der Waals surface area contributed by atoms with E-state index in [0.717, 1.165) is 11.1 Å². The quantitative estimate of drug-likeness (QED) is 0.757. The Labute approximate surface area is 118 Å². The van der Waals surface area contributed by atoms with E-state index in [0.29, 0.717) is 6.42 Å². The van der Waals surface area contributed by atoms with Crippen molar-refractivity contribution in [3.63, 3.8) is 0 Å². The highest BCUT2D eigenvalue weighted by molar-refractivity contribution is 7.86. The maximum atomic E-state index is 11.6. The summed E-state index contributed by atoms with van der Waals surface area (Å²) in [6, 6.07) is 15.8. The molecule has 3 nitrogen and oxygen atoms in total. The smallest absolute Gasteiger partial charge is 0.0985 e. The molecule has 20 heavy (non-hydrogen) atoms. The predicted molar refractivity (Wildman–Crippen MR) is 74.7 cm³/mol. The van der Waals surface area contributed by atoms with Crippen LogP contribution in [0.4, 0.5) is 0 Å². The van der Waals surface area contributed by atoms with Crippen molar-refractivity contribution in [2.45, 2.75) is 23.5 Å². The highest BCUT2D eigenvalue weighted by atomic mass is 32.2. The Kier molecular flexibility index (Phi) is 2.38. The van der Waals surface area contributed by atoms with Gasteiger partial charge < -0.3 is 4.55 Å². The van der Waals surface area contributed by atoms with Gasteiger partial charge in [0.15, 0.2) is 0 Å². The van der Waals surface area contributed by atoms with Gasteiger partial charge in [-0.3, -0.25) is 0 Å². The van der Waals surface area contributed by atoms with E-state index in [4.69, 9.17) is 0 Å². The Bertz CT molecular complexity index is 747. The molecule has 2 aromatic rings. The van der Waals surface area contributed by atoms with E-state index >= 15 is 0 Å². The molecule has 4 heteroatoms. The average molecular weight is 285 g/mol. The lowest BCUT2D eigenvalue weighted by Crippen LogP contribution is -2.40. The molecule has 0 saturated carbocycles. The summed E-state index contributed by atoms with van der Waals surface area (Å²) in [5.41, 5.74) is 4.37. The lowest BCUT2D eigenvalue weighted by molar-refractivity contribution is 0.414. The van der Waals surface area contributed by atoms with Crippen LogP contribution in [0.5, 0.6) is 0 Å². The summed E-state index contributed by atoms with van der Waals surface area (Å²) in [5, 5.41) is -0.836. The molecule has 0 heterocycles. The van der Waals surface area contributed by atoms with Crippen molar-refractivity contribution in [1.29, 1.82) is 0 Å². The van der Waals surface area contributed by atoms with Gasteiger partial charge in [-0.25, -0.2) is 8.42 Å². The zero-order valence-corrected chi connectivity index (χ0v) is 11.5. The van der Waals surface area contributed by atoms with Crippen molar-refractivity contribution in [1.82, 2.24) is 0 Å². The Morgan fingerprint density at radius 2 is 1.30 bits per heavy atom. The van der Waals surface area contributed by atoms with Crippen LogP contribution >= 0.6 is 0 Å². The number of hydrogen-bond acceptors (Lipinski definition) is 3. The first-order chi connectivity index (χ1) is 9.57. The minimum Gasteiger partial charge on any atom is -0.748 e. The second-order valence-corrected chi connectivity index (χ2v) is 7.15. The van der Waals surface area contributed by atoms with E-state index in [1.807, 2.05) is 36.4 Å². The first kappa shape index (κ1) is 12.1. The minimum atomic E-state index is -4.29. The molecule has 3 aliphatic carbocycles. The van der Waals surface area contributed by atoms with Gasteiger partial charge in [-0.1, -0.05) is 48.5 Å². The average Bonchev–Trinajstić information content (AvgIpc) is 2.46. The van der Waals surface area contributed by atoms with Crippen LogP contribution in [0.25, 0.3) is 0 Å². The minimum absolute atomic E-state index is 0.0288. The topological polar surface area (TPSA) is 57.2 Å². The van der Waals surface area contributed by atoms with Gasteiger partial charge in [-0.15, -0.1) is 0 Å². The fraction of sp³-hybridized carbons (Fsp3) is 0.250. The van der Waals surface area contributed by atoms with Crippen LogP contribution in [-0.4, -0.2) is 18.2 Å². The normalized spacial score (nSPS) is 26.9. The molecule has 3 aliphatic rings. The fourth-order valence-corrected chi connectivity index (χ4v) is 4.92. The van der Waals surface area contributed by atoms with Crippen molar-refractivity contribution in [2.75, 3.05) is 0 Å². The summed E-state index contributed by atoms with van der Waals surface area (Å²) >= 11 is 0. The summed E-state index contributed by atoms with van der Waals surface area (Å²) in [6.07, 6.45) is 0.407. The molecular formula is C16H13O3S-. The molecule has 0 saturated heterocycles. The van der Waals surface area contributed by atoms with Crippen molar-refractivity contribution in [3.8, 4) is 0 Å². The van der Waals surface area contributed by atoms with Crippen LogP contribution < -0.4 is 0 Å². The summed E-state index contributed by atoms with van der Waals surface area (Å²) in [7, 11) is -4.29. The van der Waals surface area contributed by atoms with Crippen molar-refractivity contribution >= 4 is 10.1 Å². The monoisotopic (exact) mass is 285 g/mol. The van der Waals surface area contributed by atoms with E-state index in [2.05, 4.69) is 12.1 Å². The molecule has 2 bridgehead atoms. The third-order valence-electron chi connectivity index (χ3n) is 4.62. The van der Waals surface area contributed by atoms with Crippen molar-refractivity contribution in [3.05, 3.63) is 70.8 Å². The summed E-state index contributed by atoms with van der Waals surface area (Å²) in [6.45, 7) is 0. The summed E-state index contributed by atoms with van der Waals surface area (Å²) < 4.78 is 34.9. The van der Waals surface area contributed by atoms with E-state index in [1.165, 1.54) is 11.1 Å². The second-order valence-electron chi connectivity index (χ2n) is 5.56. The Hall–Kier alpha value is -1.65. The van der Waals surface area contributed by atoms with Crippen LogP contribution in [-0.2, 0) is 10.1 Å². The molecule has 2 aromatic carbocycles. The molecule has 0 radical (unpaired) electrons. The number of rotatable bonds is 1. The molecule has 1 atom stereocenters. The Morgan fingerprint density at radius 3 is 1.75 bits per heavy atom. The van der Waals surface area contributed by atoms with Gasteiger partial charge in [0.2, 0.25) is 0 Å². The van der Waals surface area contributed by atoms with E-state index in [9.17, 15) is 13.0 Å². The number of fused-ring (bicyclic) bond motifs is 1. The number of benzene rings is 2. The van der Waals surface area contributed by atoms with Crippen molar-refractivity contribution < 1.29 is 13.0 Å². The van der Waals surface area contributed by atoms with Crippen molar-refractivity contribution in [2.24, 2.45) is 0 Å². The first-order valence-electron chi connectivity index (χ1n) is 6.69. The molecule has 1 unspecified atom stereocenters. The molecule has 102 valence electrons. The molecule has 0 amide bonds. The predicted octanol–water partition coefficient (Wildman–Crippen LogP) is 2.58. The SMILES string of the molecule is O=S(=O)([O-])C1CC2c3ccccc3C1c1ccccc12. The second kappa shape index (κ2) is 3.93. The third kappa shape index (κ3) is 1.52. The van der Waals surface area contributed by atoms with E-state index in [1.54, 1.807) is 0 Å². The molecule has 0 fully saturated rings. The molecule has 0 aliphatic heterocycles. The molecule has 0 spiro atoms. The molecule has 0 aromatic heterocycles. The van der Waals surface area contributed by atoms with E-state index < -0.39 is 15.4 Å². The van der Waals surface area contributed by atoms with Crippen LogP contribution in [0, 0.1) is 0 Å². The summed E-state index contributed by atoms with van der Waals surface area (Å²) in [4.78, 5) is 0. The fourth-order valence-electron chi connectivity index (χ4n) is 3.87. The van der Waals surface area contributed by atoms with Gasteiger partial charge in [0.1, 0.15) is 0 Å². The zero-order chi connectivity index (χ0) is 13.9.